The summed E-state index contributed by atoms with van der Waals surface area (Å²) in [6.07, 6.45) is 4.15. The molecule has 1 saturated heterocycles. The van der Waals surface area contributed by atoms with Crippen molar-refractivity contribution >= 4 is 17.5 Å². The Morgan fingerprint density at radius 1 is 1.08 bits per heavy atom. The summed E-state index contributed by atoms with van der Waals surface area (Å²) in [4.78, 5) is 31.7. The van der Waals surface area contributed by atoms with Gasteiger partial charge in [0.1, 0.15) is 18.0 Å². The van der Waals surface area contributed by atoms with Gasteiger partial charge >= 0.3 is 0 Å². The molecule has 8 heteroatoms. The summed E-state index contributed by atoms with van der Waals surface area (Å²) in [6, 6.07) is 17.5. The third kappa shape index (κ3) is 5.01. The number of ether oxygens (including phenoxy) is 2. The lowest BCUT2D eigenvalue weighted by atomic mass is 9.84. The Bertz CT molecular complexity index is 1330. The SMILES string of the molecule is O=C(Cc1ccncc1)Nc1ccc2c(c1)[C@@H]1C[C@H](CC(=O)N3CCc4ccccc4C3)O[C@@H](CO)[C@@H]1O2. The lowest BCUT2D eigenvalue weighted by Crippen LogP contribution is -2.48. The first-order valence-corrected chi connectivity index (χ1v) is 13.2. The fraction of sp³-hybridized carbons (Fsp3) is 0.367. The van der Waals surface area contributed by atoms with E-state index in [0.717, 1.165) is 23.3 Å². The maximum atomic E-state index is 13.2. The molecule has 3 aliphatic heterocycles. The highest BCUT2D eigenvalue weighted by atomic mass is 16.6. The van der Waals surface area contributed by atoms with Gasteiger partial charge in [-0.05, 0) is 59.9 Å². The van der Waals surface area contributed by atoms with Gasteiger partial charge in [0, 0.05) is 42.7 Å². The topological polar surface area (TPSA) is 101 Å². The molecule has 8 nitrogen and oxygen atoms in total. The molecular weight excluding hydrogens is 482 g/mol. The predicted molar refractivity (Wildman–Crippen MR) is 141 cm³/mol. The van der Waals surface area contributed by atoms with Crippen LogP contribution in [0.25, 0.3) is 0 Å². The molecule has 3 aliphatic rings. The van der Waals surface area contributed by atoms with E-state index in [2.05, 4.69) is 22.4 Å². The molecule has 0 unspecified atom stereocenters. The highest BCUT2D eigenvalue weighted by molar-refractivity contribution is 5.92. The molecule has 6 rings (SSSR count). The minimum Gasteiger partial charge on any atom is -0.487 e. The predicted octanol–water partition coefficient (Wildman–Crippen LogP) is 3.23. The highest BCUT2D eigenvalue weighted by Crippen LogP contribution is 2.47. The van der Waals surface area contributed by atoms with E-state index >= 15 is 0 Å². The van der Waals surface area contributed by atoms with Crippen LogP contribution in [0.15, 0.2) is 67.0 Å². The number of hydrogen-bond donors (Lipinski definition) is 2. The minimum absolute atomic E-state index is 0.0344. The number of aliphatic hydroxyl groups excluding tert-OH is 1. The van der Waals surface area contributed by atoms with Gasteiger partial charge in [-0.3, -0.25) is 14.6 Å². The number of fused-ring (bicyclic) bond motifs is 4. The number of amides is 2. The van der Waals surface area contributed by atoms with Crippen molar-refractivity contribution in [3.8, 4) is 5.75 Å². The summed E-state index contributed by atoms with van der Waals surface area (Å²) in [5.74, 6) is 0.649. The summed E-state index contributed by atoms with van der Waals surface area (Å²) in [5.41, 5.74) is 5.06. The molecule has 0 spiro atoms. The zero-order valence-corrected chi connectivity index (χ0v) is 21.1. The second-order valence-corrected chi connectivity index (χ2v) is 10.3. The lowest BCUT2D eigenvalue weighted by molar-refractivity contribution is -0.149. The van der Waals surface area contributed by atoms with Crippen molar-refractivity contribution < 1.29 is 24.2 Å². The standard InChI is InChI=1S/C30H31N3O5/c34-18-27-30-25(15-23(37-27)16-29(36)33-12-9-20-3-1-2-4-21(20)17-33)24-14-22(5-6-26(24)38-30)32-28(35)13-19-7-10-31-11-8-19/h1-8,10-11,14,23,25,27,30,34H,9,12-13,15-18H2,(H,32,35)/t23-,25+,27+,30-/m1/s1. The Kier molecular flexibility index (Phi) is 6.82. The van der Waals surface area contributed by atoms with E-state index in [1.165, 1.54) is 11.1 Å². The normalized spacial score (nSPS) is 23.6. The third-order valence-electron chi connectivity index (χ3n) is 7.78. The summed E-state index contributed by atoms with van der Waals surface area (Å²) in [5, 5.41) is 13.1. The number of aromatic nitrogens is 1. The fourth-order valence-electron chi connectivity index (χ4n) is 5.89. The van der Waals surface area contributed by atoms with E-state index in [9.17, 15) is 14.7 Å². The summed E-state index contributed by atoms with van der Waals surface area (Å²) >= 11 is 0. The van der Waals surface area contributed by atoms with E-state index in [-0.39, 0.29) is 49.4 Å². The Labute approximate surface area is 221 Å². The van der Waals surface area contributed by atoms with Crippen LogP contribution in [0.2, 0.25) is 0 Å². The molecule has 1 aromatic heterocycles. The van der Waals surface area contributed by atoms with Crippen LogP contribution >= 0.6 is 0 Å². The number of hydrogen-bond acceptors (Lipinski definition) is 6. The zero-order chi connectivity index (χ0) is 26.1. The second kappa shape index (κ2) is 10.6. The molecular formula is C30H31N3O5. The van der Waals surface area contributed by atoms with Crippen LogP contribution in [-0.4, -0.2) is 58.3 Å². The van der Waals surface area contributed by atoms with Crippen molar-refractivity contribution in [2.45, 2.75) is 56.5 Å². The largest absolute Gasteiger partial charge is 0.487 e. The maximum absolute atomic E-state index is 13.2. The molecule has 0 aliphatic carbocycles. The first-order valence-electron chi connectivity index (χ1n) is 13.2. The first-order chi connectivity index (χ1) is 18.6. The fourth-order valence-corrected chi connectivity index (χ4v) is 5.89. The van der Waals surface area contributed by atoms with Gasteiger partial charge in [-0.15, -0.1) is 0 Å². The van der Waals surface area contributed by atoms with E-state index < -0.39 is 6.10 Å². The van der Waals surface area contributed by atoms with Crippen molar-refractivity contribution in [1.29, 1.82) is 0 Å². The number of nitrogens with one attached hydrogen (secondary N) is 1. The summed E-state index contributed by atoms with van der Waals surface area (Å²) in [6.45, 7) is 1.13. The van der Waals surface area contributed by atoms with Crippen molar-refractivity contribution in [3.05, 3.63) is 89.2 Å². The van der Waals surface area contributed by atoms with Gasteiger partial charge in [-0.25, -0.2) is 0 Å². The molecule has 4 heterocycles. The number of carbonyl (C=O) groups excluding carboxylic acids is 2. The maximum Gasteiger partial charge on any atom is 0.228 e. The van der Waals surface area contributed by atoms with Crippen molar-refractivity contribution in [2.24, 2.45) is 0 Å². The summed E-state index contributed by atoms with van der Waals surface area (Å²) in [7, 11) is 0. The van der Waals surface area contributed by atoms with E-state index in [0.29, 0.717) is 25.2 Å². The van der Waals surface area contributed by atoms with Gasteiger partial charge in [0.15, 0.2) is 0 Å². The number of benzene rings is 2. The van der Waals surface area contributed by atoms with Gasteiger partial charge < -0.3 is 24.8 Å². The molecule has 0 radical (unpaired) electrons. The Balaban J connectivity index is 1.14. The second-order valence-electron chi connectivity index (χ2n) is 10.3. The quantitative estimate of drug-likeness (QED) is 0.525. The van der Waals surface area contributed by atoms with Gasteiger partial charge in [0.25, 0.3) is 0 Å². The smallest absolute Gasteiger partial charge is 0.228 e. The first kappa shape index (κ1) is 24.6. The lowest BCUT2D eigenvalue weighted by Gasteiger charge is -2.38. The number of aliphatic hydroxyl groups is 1. The molecule has 2 aromatic carbocycles. The average molecular weight is 514 g/mol. The van der Waals surface area contributed by atoms with E-state index in [1.54, 1.807) is 12.4 Å². The van der Waals surface area contributed by atoms with Gasteiger partial charge in [-0.2, -0.15) is 0 Å². The van der Waals surface area contributed by atoms with Crippen LogP contribution in [0.4, 0.5) is 5.69 Å². The summed E-state index contributed by atoms with van der Waals surface area (Å²) < 4.78 is 12.4. The minimum atomic E-state index is -0.522. The highest BCUT2D eigenvalue weighted by Gasteiger charge is 2.46. The monoisotopic (exact) mass is 513 g/mol. The Morgan fingerprint density at radius 2 is 1.89 bits per heavy atom. The average Bonchev–Trinajstić information content (AvgIpc) is 3.30. The third-order valence-corrected chi connectivity index (χ3v) is 7.78. The molecule has 1 fully saturated rings. The number of nitrogens with zero attached hydrogens (tertiary/aromatic N) is 2. The zero-order valence-electron chi connectivity index (χ0n) is 21.1. The number of pyridine rings is 1. The Hall–Kier alpha value is -3.75. The van der Waals surface area contributed by atoms with Crippen molar-refractivity contribution in [2.75, 3.05) is 18.5 Å². The number of anilines is 1. The number of rotatable bonds is 6. The van der Waals surface area contributed by atoms with Gasteiger partial charge in [0.05, 0.1) is 25.6 Å². The molecule has 2 amide bonds. The van der Waals surface area contributed by atoms with E-state index in [4.69, 9.17) is 9.47 Å². The number of carbonyl (C=O) groups is 2. The molecule has 0 saturated carbocycles. The van der Waals surface area contributed by atoms with Crippen LogP contribution in [0, 0.1) is 0 Å². The molecule has 196 valence electrons. The molecule has 3 aromatic rings. The van der Waals surface area contributed by atoms with Gasteiger partial charge in [-0.1, -0.05) is 24.3 Å². The molecule has 4 atom stereocenters. The van der Waals surface area contributed by atoms with Crippen molar-refractivity contribution in [1.82, 2.24) is 9.88 Å². The van der Waals surface area contributed by atoms with Crippen LogP contribution in [-0.2, 0) is 33.7 Å². The van der Waals surface area contributed by atoms with Crippen molar-refractivity contribution in [3.63, 3.8) is 0 Å². The molecule has 2 N–H and O–H groups in total. The molecule has 0 bridgehead atoms. The Morgan fingerprint density at radius 3 is 2.71 bits per heavy atom. The molecule has 38 heavy (non-hydrogen) atoms. The van der Waals surface area contributed by atoms with Crippen LogP contribution < -0.4 is 10.1 Å². The van der Waals surface area contributed by atoms with Crippen LogP contribution in [0.3, 0.4) is 0 Å². The van der Waals surface area contributed by atoms with Crippen LogP contribution in [0.1, 0.15) is 41.0 Å². The van der Waals surface area contributed by atoms with Crippen LogP contribution in [0.5, 0.6) is 5.75 Å². The van der Waals surface area contributed by atoms with E-state index in [1.807, 2.05) is 47.4 Å². The van der Waals surface area contributed by atoms with Gasteiger partial charge in [0.2, 0.25) is 11.8 Å².